The molecule has 0 aliphatic carbocycles. The first-order chi connectivity index (χ1) is 9.83. The summed E-state index contributed by atoms with van der Waals surface area (Å²) in [5.41, 5.74) is 0.994. The molecule has 0 bridgehead atoms. The van der Waals surface area contributed by atoms with Crippen molar-refractivity contribution in [1.82, 2.24) is 0 Å². The Balaban J connectivity index is 2.02. The molecule has 0 aliphatic rings. The van der Waals surface area contributed by atoms with E-state index < -0.39 is 0 Å². The fraction of sp³-hybridized carbons (Fsp3) is 0.471. The minimum Gasteiger partial charge on any atom is -0.463 e. The molecule has 0 fully saturated rings. The molecule has 0 aliphatic heterocycles. The Kier molecular flexibility index (Phi) is 9.24. The molecule has 0 heterocycles. The number of aliphatic hydroxyl groups excluding tert-OH is 1. The van der Waals surface area contributed by atoms with Crippen molar-refractivity contribution >= 4 is 12.0 Å². The second-order valence-corrected chi connectivity index (χ2v) is 4.76. The van der Waals surface area contributed by atoms with E-state index in [1.165, 1.54) is 6.08 Å². The van der Waals surface area contributed by atoms with Gasteiger partial charge < -0.3 is 9.84 Å². The molecule has 0 radical (unpaired) electrons. The zero-order valence-corrected chi connectivity index (χ0v) is 12.0. The molecular weight excluding hydrogens is 252 g/mol. The van der Waals surface area contributed by atoms with Crippen LogP contribution in [-0.2, 0) is 9.53 Å². The second kappa shape index (κ2) is 11.2. The smallest absolute Gasteiger partial charge is 0.330 e. The average molecular weight is 276 g/mol. The summed E-state index contributed by atoms with van der Waals surface area (Å²) >= 11 is 0. The fourth-order valence-corrected chi connectivity index (χ4v) is 1.87. The molecule has 110 valence electrons. The Bertz CT molecular complexity index is 384. The van der Waals surface area contributed by atoms with Gasteiger partial charge in [-0.25, -0.2) is 4.79 Å². The van der Waals surface area contributed by atoms with Crippen LogP contribution in [0.4, 0.5) is 0 Å². The van der Waals surface area contributed by atoms with Crippen LogP contribution in [0.25, 0.3) is 6.08 Å². The molecular formula is C17H24O3. The van der Waals surface area contributed by atoms with E-state index in [1.54, 1.807) is 6.08 Å². The van der Waals surface area contributed by atoms with Crippen molar-refractivity contribution in [2.45, 2.75) is 38.5 Å². The molecule has 0 amide bonds. The van der Waals surface area contributed by atoms with Crippen LogP contribution >= 0.6 is 0 Å². The topological polar surface area (TPSA) is 46.5 Å². The lowest BCUT2D eigenvalue weighted by Gasteiger charge is -2.02. The van der Waals surface area contributed by atoms with Gasteiger partial charge in [-0.3, -0.25) is 0 Å². The highest BCUT2D eigenvalue weighted by atomic mass is 16.5. The van der Waals surface area contributed by atoms with Gasteiger partial charge in [0.05, 0.1) is 6.61 Å². The normalized spacial score (nSPS) is 10.8. The van der Waals surface area contributed by atoms with Crippen molar-refractivity contribution in [3.05, 3.63) is 42.0 Å². The van der Waals surface area contributed by atoms with Crippen molar-refractivity contribution < 1.29 is 14.6 Å². The number of carbonyl (C=O) groups is 1. The van der Waals surface area contributed by atoms with E-state index in [-0.39, 0.29) is 12.6 Å². The number of rotatable bonds is 10. The summed E-state index contributed by atoms with van der Waals surface area (Å²) in [6.45, 7) is 0.767. The molecule has 3 heteroatoms. The quantitative estimate of drug-likeness (QED) is 0.403. The van der Waals surface area contributed by atoms with Gasteiger partial charge in [-0.05, 0) is 24.5 Å². The van der Waals surface area contributed by atoms with E-state index in [0.29, 0.717) is 6.61 Å². The molecule has 1 rings (SSSR count). The van der Waals surface area contributed by atoms with E-state index in [2.05, 4.69) is 0 Å². The number of hydrogen-bond acceptors (Lipinski definition) is 3. The van der Waals surface area contributed by atoms with Crippen LogP contribution in [0.3, 0.4) is 0 Å². The van der Waals surface area contributed by atoms with E-state index in [4.69, 9.17) is 9.84 Å². The lowest BCUT2D eigenvalue weighted by molar-refractivity contribution is -0.137. The number of carbonyl (C=O) groups excluding carboxylic acids is 1. The number of ether oxygens (including phenoxy) is 1. The summed E-state index contributed by atoms with van der Waals surface area (Å²) in [5.74, 6) is -0.283. The van der Waals surface area contributed by atoms with Gasteiger partial charge >= 0.3 is 5.97 Å². The van der Waals surface area contributed by atoms with Gasteiger partial charge in [0, 0.05) is 12.7 Å². The van der Waals surface area contributed by atoms with E-state index >= 15 is 0 Å². The molecule has 1 aromatic carbocycles. The van der Waals surface area contributed by atoms with Crippen LogP contribution in [-0.4, -0.2) is 24.3 Å². The summed E-state index contributed by atoms with van der Waals surface area (Å²) in [5, 5.41) is 8.64. The van der Waals surface area contributed by atoms with Crippen LogP contribution in [0.5, 0.6) is 0 Å². The zero-order chi connectivity index (χ0) is 14.5. The molecule has 1 N–H and O–H groups in total. The standard InChI is InChI=1S/C17H24O3/c18-14-8-3-1-2-4-9-15-20-17(19)13-12-16-10-6-5-7-11-16/h5-7,10-13,18H,1-4,8-9,14-15H2/b13-12+. The van der Waals surface area contributed by atoms with Gasteiger partial charge in [0.15, 0.2) is 0 Å². The summed E-state index contributed by atoms with van der Waals surface area (Å²) in [6.07, 6.45) is 9.45. The third-order valence-electron chi connectivity index (χ3n) is 3.01. The highest BCUT2D eigenvalue weighted by molar-refractivity contribution is 5.86. The summed E-state index contributed by atoms with van der Waals surface area (Å²) < 4.78 is 5.13. The Morgan fingerprint density at radius 1 is 1.00 bits per heavy atom. The maximum atomic E-state index is 11.5. The van der Waals surface area contributed by atoms with E-state index in [0.717, 1.165) is 44.1 Å². The summed E-state index contributed by atoms with van der Waals surface area (Å²) in [6, 6.07) is 9.69. The Hall–Kier alpha value is -1.61. The monoisotopic (exact) mass is 276 g/mol. The lowest BCUT2D eigenvalue weighted by atomic mass is 10.1. The van der Waals surface area contributed by atoms with Crippen LogP contribution in [0.1, 0.15) is 44.1 Å². The average Bonchev–Trinajstić information content (AvgIpc) is 2.49. The van der Waals surface area contributed by atoms with Gasteiger partial charge in [-0.1, -0.05) is 56.0 Å². The maximum Gasteiger partial charge on any atom is 0.330 e. The molecule has 1 aromatic rings. The first-order valence-corrected chi connectivity index (χ1v) is 7.33. The molecule has 0 saturated heterocycles. The molecule has 0 aromatic heterocycles. The molecule has 0 atom stereocenters. The Morgan fingerprint density at radius 2 is 1.65 bits per heavy atom. The fourth-order valence-electron chi connectivity index (χ4n) is 1.87. The molecule has 0 spiro atoms. The number of benzene rings is 1. The largest absolute Gasteiger partial charge is 0.463 e. The van der Waals surface area contributed by atoms with Gasteiger partial charge in [-0.15, -0.1) is 0 Å². The molecule has 20 heavy (non-hydrogen) atoms. The number of unbranched alkanes of at least 4 members (excludes halogenated alkanes) is 5. The van der Waals surface area contributed by atoms with E-state index in [9.17, 15) is 4.79 Å². The minimum absolute atomic E-state index is 0.283. The predicted octanol–water partition coefficient (Wildman–Crippen LogP) is 3.58. The van der Waals surface area contributed by atoms with Crippen LogP contribution < -0.4 is 0 Å². The molecule has 0 saturated carbocycles. The van der Waals surface area contributed by atoms with Crippen molar-refractivity contribution in [1.29, 1.82) is 0 Å². The van der Waals surface area contributed by atoms with Gasteiger partial charge in [0.1, 0.15) is 0 Å². The number of aliphatic hydroxyl groups is 1. The minimum atomic E-state index is -0.283. The molecule has 0 unspecified atom stereocenters. The summed E-state index contributed by atoms with van der Waals surface area (Å²) in [4.78, 5) is 11.5. The predicted molar refractivity (Wildman–Crippen MR) is 81.2 cm³/mol. The SMILES string of the molecule is O=C(/C=C/c1ccccc1)OCCCCCCCCO. The van der Waals surface area contributed by atoms with Gasteiger partial charge in [0.2, 0.25) is 0 Å². The van der Waals surface area contributed by atoms with Crippen LogP contribution in [0, 0.1) is 0 Å². The van der Waals surface area contributed by atoms with E-state index in [1.807, 2.05) is 30.3 Å². The van der Waals surface area contributed by atoms with Crippen molar-refractivity contribution in [2.24, 2.45) is 0 Å². The number of hydrogen-bond donors (Lipinski definition) is 1. The number of esters is 1. The lowest BCUT2D eigenvalue weighted by Crippen LogP contribution is -2.02. The Morgan fingerprint density at radius 3 is 2.35 bits per heavy atom. The van der Waals surface area contributed by atoms with Gasteiger partial charge in [-0.2, -0.15) is 0 Å². The van der Waals surface area contributed by atoms with Crippen molar-refractivity contribution in [3.63, 3.8) is 0 Å². The zero-order valence-electron chi connectivity index (χ0n) is 12.0. The third kappa shape index (κ3) is 8.48. The van der Waals surface area contributed by atoms with Crippen LogP contribution in [0.15, 0.2) is 36.4 Å². The van der Waals surface area contributed by atoms with Crippen LogP contribution in [0.2, 0.25) is 0 Å². The third-order valence-corrected chi connectivity index (χ3v) is 3.01. The molecule has 3 nitrogen and oxygen atoms in total. The maximum absolute atomic E-state index is 11.5. The highest BCUT2D eigenvalue weighted by Crippen LogP contribution is 2.05. The Labute approximate surface area is 121 Å². The first-order valence-electron chi connectivity index (χ1n) is 7.33. The van der Waals surface area contributed by atoms with Gasteiger partial charge in [0.25, 0.3) is 0 Å². The highest BCUT2D eigenvalue weighted by Gasteiger charge is 1.97. The summed E-state index contributed by atoms with van der Waals surface area (Å²) in [7, 11) is 0. The van der Waals surface area contributed by atoms with Crippen molar-refractivity contribution in [3.8, 4) is 0 Å². The van der Waals surface area contributed by atoms with Crippen molar-refractivity contribution in [2.75, 3.05) is 13.2 Å². The first kappa shape index (κ1) is 16.4. The second-order valence-electron chi connectivity index (χ2n) is 4.76.